The fourth-order valence-corrected chi connectivity index (χ4v) is 4.98. The zero-order valence-corrected chi connectivity index (χ0v) is 18.0. The number of thioether (sulfide) groups is 1. The molecule has 3 heterocycles. The Balaban J connectivity index is 1.28. The second-order valence-electron chi connectivity index (χ2n) is 7.49. The quantitative estimate of drug-likeness (QED) is 0.585. The lowest BCUT2D eigenvalue weighted by Crippen LogP contribution is -2.32. The summed E-state index contributed by atoms with van der Waals surface area (Å²) < 4.78 is 11.6. The van der Waals surface area contributed by atoms with Crippen molar-refractivity contribution in [3.8, 4) is 11.5 Å². The van der Waals surface area contributed by atoms with Gasteiger partial charge in [-0.1, -0.05) is 29.4 Å². The van der Waals surface area contributed by atoms with Crippen molar-refractivity contribution in [1.29, 1.82) is 0 Å². The van der Waals surface area contributed by atoms with Crippen LogP contribution < -0.4 is 9.47 Å². The van der Waals surface area contributed by atoms with E-state index in [9.17, 15) is 4.79 Å². The Morgan fingerprint density at radius 1 is 1.17 bits per heavy atom. The van der Waals surface area contributed by atoms with Crippen LogP contribution in [0.5, 0.6) is 11.5 Å². The molecule has 2 aliphatic heterocycles. The summed E-state index contributed by atoms with van der Waals surface area (Å²) in [6, 6.07) is 11.7. The van der Waals surface area contributed by atoms with E-state index in [1.807, 2.05) is 35.2 Å². The van der Waals surface area contributed by atoms with Gasteiger partial charge in [0.15, 0.2) is 16.7 Å². The maximum Gasteiger partial charge on any atom is 0.233 e. The molecule has 1 saturated heterocycles. The van der Waals surface area contributed by atoms with E-state index in [-0.39, 0.29) is 11.9 Å². The standard InChI is InChI=1S/C22H22ClN3O3S/c23-15-5-6-16-17(12-15)25-22(24-16)30-13-21(27)26-8-1-3-18(26)14-4-7-19-20(11-14)29-10-2-9-28-19/h4-7,11-12,18H,1-3,8-10,13H2,(H,24,25). The number of nitrogens with one attached hydrogen (secondary N) is 1. The highest BCUT2D eigenvalue weighted by Crippen LogP contribution is 2.38. The van der Waals surface area contributed by atoms with Crippen LogP contribution in [0.25, 0.3) is 11.0 Å². The molecule has 0 aliphatic carbocycles. The van der Waals surface area contributed by atoms with Crippen LogP contribution >= 0.6 is 23.4 Å². The fraction of sp³-hybridized carbons (Fsp3) is 0.364. The molecule has 0 spiro atoms. The van der Waals surface area contributed by atoms with Gasteiger partial charge in [-0.25, -0.2) is 4.98 Å². The molecule has 1 aromatic heterocycles. The van der Waals surface area contributed by atoms with Crippen LogP contribution in [0.1, 0.15) is 30.9 Å². The molecule has 1 N–H and O–H groups in total. The van der Waals surface area contributed by atoms with Crippen LogP contribution in [-0.4, -0.2) is 46.3 Å². The summed E-state index contributed by atoms with van der Waals surface area (Å²) in [5, 5.41) is 1.39. The van der Waals surface area contributed by atoms with E-state index in [1.165, 1.54) is 11.8 Å². The van der Waals surface area contributed by atoms with E-state index in [2.05, 4.69) is 16.0 Å². The number of fused-ring (bicyclic) bond motifs is 2. The molecule has 8 heteroatoms. The summed E-state index contributed by atoms with van der Waals surface area (Å²) >= 11 is 7.46. The van der Waals surface area contributed by atoms with Crippen molar-refractivity contribution in [2.75, 3.05) is 25.5 Å². The molecule has 5 rings (SSSR count). The summed E-state index contributed by atoms with van der Waals surface area (Å²) in [5.41, 5.74) is 2.83. The highest BCUT2D eigenvalue weighted by atomic mass is 35.5. The number of carbonyl (C=O) groups is 1. The lowest BCUT2D eigenvalue weighted by atomic mass is 10.0. The van der Waals surface area contributed by atoms with Gasteiger partial charge in [0.25, 0.3) is 0 Å². The Hall–Kier alpha value is -2.38. The fourth-order valence-electron chi connectivity index (χ4n) is 4.04. The van der Waals surface area contributed by atoms with Gasteiger partial charge in [-0.15, -0.1) is 0 Å². The smallest absolute Gasteiger partial charge is 0.233 e. The number of ether oxygens (including phenoxy) is 2. The van der Waals surface area contributed by atoms with Crippen molar-refractivity contribution < 1.29 is 14.3 Å². The molecule has 0 saturated carbocycles. The number of carbonyl (C=O) groups excluding carboxylic acids is 1. The monoisotopic (exact) mass is 443 g/mol. The minimum absolute atomic E-state index is 0.0738. The number of hydrogen-bond donors (Lipinski definition) is 1. The zero-order valence-electron chi connectivity index (χ0n) is 16.4. The molecule has 6 nitrogen and oxygen atoms in total. The molecule has 3 aromatic rings. The van der Waals surface area contributed by atoms with Gasteiger partial charge in [-0.05, 0) is 48.7 Å². The Bertz CT molecular complexity index is 1090. The number of aromatic amines is 1. The number of hydrogen-bond acceptors (Lipinski definition) is 5. The van der Waals surface area contributed by atoms with Crippen LogP contribution in [0.15, 0.2) is 41.6 Å². The molecule has 2 aliphatic rings. The zero-order chi connectivity index (χ0) is 20.5. The number of H-pyrrole nitrogens is 1. The maximum absolute atomic E-state index is 13.0. The van der Waals surface area contributed by atoms with Crippen molar-refractivity contribution in [2.45, 2.75) is 30.5 Å². The lowest BCUT2D eigenvalue weighted by Gasteiger charge is -2.25. The van der Waals surface area contributed by atoms with E-state index < -0.39 is 0 Å². The van der Waals surface area contributed by atoms with E-state index in [0.29, 0.717) is 24.0 Å². The van der Waals surface area contributed by atoms with Gasteiger partial charge in [0.1, 0.15) is 0 Å². The van der Waals surface area contributed by atoms with Crippen LogP contribution in [0.3, 0.4) is 0 Å². The topological polar surface area (TPSA) is 67.5 Å². The molecular formula is C22H22ClN3O3S. The summed E-state index contributed by atoms with van der Waals surface area (Å²) in [6.45, 7) is 2.10. The Morgan fingerprint density at radius 3 is 2.93 bits per heavy atom. The number of amides is 1. The van der Waals surface area contributed by atoms with Crippen LogP contribution in [0.2, 0.25) is 5.02 Å². The molecule has 0 radical (unpaired) electrons. The number of halogens is 1. The Labute approximate surface area is 183 Å². The molecule has 1 atom stereocenters. The van der Waals surface area contributed by atoms with Crippen molar-refractivity contribution >= 4 is 40.3 Å². The first kappa shape index (κ1) is 19.6. The Morgan fingerprint density at radius 2 is 2.03 bits per heavy atom. The summed E-state index contributed by atoms with van der Waals surface area (Å²) in [7, 11) is 0. The first-order valence-electron chi connectivity index (χ1n) is 10.1. The summed E-state index contributed by atoms with van der Waals surface area (Å²) in [6.07, 6.45) is 2.83. The third-order valence-electron chi connectivity index (χ3n) is 5.48. The molecule has 0 bridgehead atoms. The largest absolute Gasteiger partial charge is 0.490 e. The molecule has 1 amide bonds. The molecule has 1 unspecified atom stereocenters. The van der Waals surface area contributed by atoms with E-state index >= 15 is 0 Å². The van der Waals surface area contributed by atoms with E-state index in [0.717, 1.165) is 59.1 Å². The number of nitrogens with zero attached hydrogens (tertiary/aromatic N) is 2. The number of imidazole rings is 1. The number of rotatable bonds is 4. The predicted octanol–water partition coefficient (Wildman–Crippen LogP) is 4.83. The summed E-state index contributed by atoms with van der Waals surface area (Å²) in [5.74, 6) is 2.02. The second kappa shape index (κ2) is 8.40. The molecule has 2 aromatic carbocycles. The maximum atomic E-state index is 13.0. The third kappa shape index (κ3) is 3.96. The van der Waals surface area contributed by atoms with Crippen molar-refractivity contribution in [1.82, 2.24) is 14.9 Å². The van der Waals surface area contributed by atoms with Crippen LogP contribution in [-0.2, 0) is 4.79 Å². The van der Waals surface area contributed by atoms with Crippen LogP contribution in [0, 0.1) is 0 Å². The number of benzene rings is 2. The first-order valence-corrected chi connectivity index (χ1v) is 11.5. The molecule has 156 valence electrons. The van der Waals surface area contributed by atoms with Gasteiger partial charge in [0.05, 0.1) is 36.0 Å². The lowest BCUT2D eigenvalue weighted by molar-refractivity contribution is -0.129. The average molecular weight is 444 g/mol. The minimum atomic E-state index is 0.0738. The normalized spacial score (nSPS) is 18.6. The summed E-state index contributed by atoms with van der Waals surface area (Å²) in [4.78, 5) is 22.7. The Kier molecular flexibility index (Phi) is 5.48. The van der Waals surface area contributed by atoms with Gasteiger partial charge >= 0.3 is 0 Å². The van der Waals surface area contributed by atoms with Gasteiger partial charge < -0.3 is 19.4 Å². The van der Waals surface area contributed by atoms with Crippen LogP contribution in [0.4, 0.5) is 0 Å². The van der Waals surface area contributed by atoms with Gasteiger partial charge in [0, 0.05) is 18.0 Å². The molecule has 30 heavy (non-hydrogen) atoms. The van der Waals surface area contributed by atoms with Gasteiger partial charge in [0.2, 0.25) is 5.91 Å². The van der Waals surface area contributed by atoms with Gasteiger partial charge in [-0.2, -0.15) is 0 Å². The van der Waals surface area contributed by atoms with Crippen molar-refractivity contribution in [2.24, 2.45) is 0 Å². The van der Waals surface area contributed by atoms with Crippen molar-refractivity contribution in [3.63, 3.8) is 0 Å². The highest BCUT2D eigenvalue weighted by Gasteiger charge is 2.30. The molecular weight excluding hydrogens is 422 g/mol. The highest BCUT2D eigenvalue weighted by molar-refractivity contribution is 7.99. The second-order valence-corrected chi connectivity index (χ2v) is 8.89. The first-order chi connectivity index (χ1) is 14.7. The van der Waals surface area contributed by atoms with E-state index in [4.69, 9.17) is 21.1 Å². The number of likely N-dealkylation sites (tertiary alicyclic amines) is 1. The van der Waals surface area contributed by atoms with E-state index in [1.54, 1.807) is 0 Å². The van der Waals surface area contributed by atoms with Gasteiger partial charge in [-0.3, -0.25) is 4.79 Å². The van der Waals surface area contributed by atoms with Crippen molar-refractivity contribution in [3.05, 3.63) is 47.0 Å². The number of aromatic nitrogens is 2. The third-order valence-corrected chi connectivity index (χ3v) is 6.58. The molecule has 1 fully saturated rings. The SMILES string of the molecule is O=C(CSc1nc2ccc(Cl)cc2[nH]1)N1CCCC1c1ccc2c(c1)OCCCO2. The predicted molar refractivity (Wildman–Crippen MR) is 118 cm³/mol. The minimum Gasteiger partial charge on any atom is -0.490 e. The average Bonchev–Trinajstić information content (AvgIpc) is 3.32.